The van der Waals surface area contributed by atoms with E-state index >= 15 is 0 Å². The Labute approximate surface area is 279 Å². The van der Waals surface area contributed by atoms with Crippen molar-refractivity contribution in [3.63, 3.8) is 0 Å². The van der Waals surface area contributed by atoms with Crippen LogP contribution in [0.4, 0.5) is 0 Å². The van der Waals surface area contributed by atoms with Gasteiger partial charge in [0.05, 0.1) is 0 Å². The number of aromatic hydroxyl groups is 1. The number of rotatable bonds is 12. The van der Waals surface area contributed by atoms with E-state index in [1.54, 1.807) is 0 Å². The molecule has 0 amide bonds. The Hall–Kier alpha value is 0.930. The Morgan fingerprint density at radius 1 is 0.842 bits per heavy atom. The fourth-order valence-electron chi connectivity index (χ4n) is 5.27. The Kier molecular flexibility index (Phi) is 20.7. The van der Waals surface area contributed by atoms with E-state index < -0.39 is 7.82 Å². The summed E-state index contributed by atoms with van der Waals surface area (Å²) in [6.07, 6.45) is 14.1. The second kappa shape index (κ2) is 19.2. The summed E-state index contributed by atoms with van der Waals surface area (Å²) in [5, 5.41) is 10.4. The van der Waals surface area contributed by atoms with Crippen LogP contribution >= 0.6 is 7.82 Å². The maximum Gasteiger partial charge on any atom is 1.00 e. The fraction of sp³-hybridized carbons (Fsp3) is 0.793. The standard InChI is InChI=1S/C29H50O2.2Na.H3O4P.2H/c1-20(2)12-9-13-21(3)14-10-15-22(4)16-11-18-29(8)19-17-26-25(7)27(30)23(5)24(6)28(26)31-29;;;1-5(2,3)4;;/h20-22,30H,9-19H2,1-8H3;;;(H3,1,2,3,4);;/q;2*+1;;2*-1/t21-,22-,29-;;;;;/m1...../s1. The molecule has 4 N–H and O–H groups in total. The molecule has 1 aliphatic heterocycles. The molecule has 1 aromatic carbocycles. The molecule has 0 bridgehead atoms. The van der Waals surface area contributed by atoms with Crippen molar-refractivity contribution >= 4 is 7.82 Å². The third-order valence-corrected chi connectivity index (χ3v) is 7.87. The van der Waals surface area contributed by atoms with Gasteiger partial charge in [-0.1, -0.05) is 72.6 Å². The summed E-state index contributed by atoms with van der Waals surface area (Å²) in [7, 11) is -4.64. The van der Waals surface area contributed by atoms with Gasteiger partial charge in [0, 0.05) is 5.56 Å². The average molecular weight is 577 g/mol. The number of ether oxygens (including phenoxy) is 1. The largest absolute Gasteiger partial charge is 1.00 e. The van der Waals surface area contributed by atoms with E-state index in [1.165, 1.54) is 56.9 Å². The number of benzene rings is 1. The molecule has 0 unspecified atom stereocenters. The van der Waals surface area contributed by atoms with E-state index in [1.807, 2.05) is 13.8 Å². The Morgan fingerprint density at radius 3 is 1.76 bits per heavy atom. The van der Waals surface area contributed by atoms with Gasteiger partial charge >= 0.3 is 66.9 Å². The number of phenols is 1. The van der Waals surface area contributed by atoms with Gasteiger partial charge in [0.25, 0.3) is 0 Å². The van der Waals surface area contributed by atoms with Crippen LogP contribution < -0.4 is 63.9 Å². The number of phenolic OH excluding ortho intramolecular Hbond substituents is 1. The smallest absolute Gasteiger partial charge is 1.00 e. The van der Waals surface area contributed by atoms with Crippen LogP contribution in [-0.4, -0.2) is 25.4 Å². The summed E-state index contributed by atoms with van der Waals surface area (Å²) in [4.78, 5) is 21.6. The number of fused-ring (bicyclic) bond motifs is 1. The first kappa shape index (κ1) is 41.1. The molecule has 214 valence electrons. The van der Waals surface area contributed by atoms with Gasteiger partial charge in [-0.2, -0.15) is 0 Å². The van der Waals surface area contributed by atoms with Gasteiger partial charge in [0.15, 0.2) is 0 Å². The first-order chi connectivity index (χ1) is 16.5. The Morgan fingerprint density at radius 2 is 1.29 bits per heavy atom. The van der Waals surface area contributed by atoms with Gasteiger partial charge in [-0.25, -0.2) is 4.57 Å². The topological polar surface area (TPSA) is 107 Å². The van der Waals surface area contributed by atoms with Crippen LogP contribution in [0.1, 0.15) is 124 Å². The molecule has 0 fully saturated rings. The molecule has 0 spiro atoms. The van der Waals surface area contributed by atoms with Crippen LogP contribution in [0.25, 0.3) is 0 Å². The van der Waals surface area contributed by atoms with Crippen molar-refractivity contribution in [3.8, 4) is 11.5 Å². The van der Waals surface area contributed by atoms with Crippen molar-refractivity contribution in [3.05, 3.63) is 22.3 Å². The first-order valence-corrected chi connectivity index (χ1v) is 15.4. The van der Waals surface area contributed by atoms with Crippen molar-refractivity contribution in [2.24, 2.45) is 17.8 Å². The molecule has 3 atom stereocenters. The predicted molar refractivity (Wildman–Crippen MR) is 151 cm³/mol. The number of hydrogen-bond donors (Lipinski definition) is 4. The zero-order valence-corrected chi connectivity index (χ0v) is 31.0. The maximum atomic E-state index is 10.4. The van der Waals surface area contributed by atoms with E-state index in [2.05, 4.69) is 41.5 Å². The molecule has 1 heterocycles. The fourth-order valence-corrected chi connectivity index (χ4v) is 5.27. The maximum absolute atomic E-state index is 10.4. The van der Waals surface area contributed by atoms with Gasteiger partial charge in [-0.15, -0.1) is 0 Å². The van der Waals surface area contributed by atoms with Crippen LogP contribution in [0, 0.1) is 38.5 Å². The molecule has 2 rings (SSSR count). The summed E-state index contributed by atoms with van der Waals surface area (Å²) in [6, 6.07) is 0. The molecule has 0 radical (unpaired) electrons. The summed E-state index contributed by atoms with van der Waals surface area (Å²) >= 11 is 0. The third kappa shape index (κ3) is 15.8. The summed E-state index contributed by atoms with van der Waals surface area (Å²) in [6.45, 7) is 17.9. The van der Waals surface area contributed by atoms with Crippen molar-refractivity contribution in [2.75, 3.05) is 0 Å². The molecule has 1 aliphatic rings. The van der Waals surface area contributed by atoms with E-state index in [4.69, 9.17) is 24.0 Å². The average Bonchev–Trinajstić information content (AvgIpc) is 2.74. The van der Waals surface area contributed by atoms with E-state index in [0.29, 0.717) is 5.75 Å². The zero-order chi connectivity index (χ0) is 27.7. The van der Waals surface area contributed by atoms with Crippen LogP contribution in [0.5, 0.6) is 11.5 Å². The SMILES string of the molecule is Cc1c(C)c2c(c(C)c1O)CC[C@@](C)(CCC[C@H](C)CCC[C@H](C)CCCC(C)C)O2.O=P(O)(O)O.[H-].[H-].[Na+].[Na+]. The molecule has 0 aliphatic carbocycles. The minimum absolute atomic E-state index is 0. The zero-order valence-electron chi connectivity index (χ0n) is 28.1. The third-order valence-electron chi connectivity index (χ3n) is 7.87. The van der Waals surface area contributed by atoms with Gasteiger partial charge in [0.1, 0.15) is 17.1 Å². The van der Waals surface area contributed by atoms with Gasteiger partial charge < -0.3 is 27.4 Å². The van der Waals surface area contributed by atoms with Gasteiger partial charge in [0.2, 0.25) is 0 Å². The quantitative estimate of drug-likeness (QED) is 0.225. The van der Waals surface area contributed by atoms with Crippen molar-refractivity contribution < 1.29 is 91.1 Å². The minimum Gasteiger partial charge on any atom is -1.00 e. The number of phosphoric acid groups is 1. The Balaban J connectivity index is -0.000000661. The molecular weight excluding hydrogens is 521 g/mol. The van der Waals surface area contributed by atoms with Crippen molar-refractivity contribution in [1.29, 1.82) is 0 Å². The molecule has 0 saturated heterocycles. The van der Waals surface area contributed by atoms with Gasteiger partial charge in [-0.3, -0.25) is 0 Å². The molecule has 6 nitrogen and oxygen atoms in total. The molecule has 0 aromatic heterocycles. The summed E-state index contributed by atoms with van der Waals surface area (Å²) < 4.78 is 15.5. The second-order valence-electron chi connectivity index (χ2n) is 12.0. The van der Waals surface area contributed by atoms with Gasteiger partial charge in [-0.05, 0) is 87.8 Å². The van der Waals surface area contributed by atoms with Crippen LogP contribution in [0.3, 0.4) is 0 Å². The summed E-state index contributed by atoms with van der Waals surface area (Å²) in [5.74, 6) is 4.04. The molecule has 1 aromatic rings. The Bertz CT molecular complexity index is 877. The monoisotopic (exact) mass is 576 g/mol. The van der Waals surface area contributed by atoms with E-state index in [-0.39, 0.29) is 67.6 Å². The van der Waals surface area contributed by atoms with E-state index in [0.717, 1.165) is 59.5 Å². The molecular formula is C29H55Na2O6P. The summed E-state index contributed by atoms with van der Waals surface area (Å²) in [5.41, 5.74) is 4.23. The molecule has 9 heteroatoms. The van der Waals surface area contributed by atoms with Crippen molar-refractivity contribution in [2.45, 2.75) is 132 Å². The number of hydrogen-bond acceptors (Lipinski definition) is 3. The molecule has 0 saturated carbocycles. The normalized spacial score (nSPS) is 18.2. The second-order valence-corrected chi connectivity index (χ2v) is 13.0. The minimum atomic E-state index is -4.64. The van der Waals surface area contributed by atoms with E-state index in [9.17, 15) is 5.11 Å². The van der Waals surface area contributed by atoms with Crippen LogP contribution in [0.15, 0.2) is 0 Å². The predicted octanol–water partition coefficient (Wildman–Crippen LogP) is 2.14. The van der Waals surface area contributed by atoms with Crippen LogP contribution in [-0.2, 0) is 11.0 Å². The first-order valence-electron chi connectivity index (χ1n) is 13.8. The molecule has 38 heavy (non-hydrogen) atoms. The van der Waals surface area contributed by atoms with Crippen molar-refractivity contribution in [1.82, 2.24) is 0 Å². The van der Waals surface area contributed by atoms with Crippen LogP contribution in [0.2, 0.25) is 0 Å².